The third kappa shape index (κ3) is 2.94. The summed E-state index contributed by atoms with van der Waals surface area (Å²) in [7, 11) is 0. The van der Waals surface area contributed by atoms with Crippen LogP contribution in [0.15, 0.2) is 42.5 Å². The fraction of sp³-hybridized carbons (Fsp3) is 0.278. The maximum atomic E-state index is 14.5. The summed E-state index contributed by atoms with van der Waals surface area (Å²) in [6.45, 7) is 0.861. The summed E-state index contributed by atoms with van der Waals surface area (Å²) in [6.07, 6.45) is -5.80. The Kier molecular flexibility index (Phi) is 4.26. The van der Waals surface area contributed by atoms with Crippen LogP contribution in [0.3, 0.4) is 0 Å². The van der Waals surface area contributed by atoms with Gasteiger partial charge >= 0.3 is 18.0 Å². The number of aliphatic hydroxyl groups excluding tert-OH is 1. The van der Waals surface area contributed by atoms with Crippen LogP contribution in [0.1, 0.15) is 35.3 Å². The molecule has 0 bridgehead atoms. The van der Waals surface area contributed by atoms with Gasteiger partial charge in [-0.3, -0.25) is 4.79 Å². The fourth-order valence-electron chi connectivity index (χ4n) is 3.04. The Balaban J connectivity index is 2.04. The normalized spacial score (nSPS) is 17.3. The number of alkyl halides is 5. The number of hydrogen-bond acceptors (Lipinski definition) is 2. The molecule has 0 aromatic heterocycles. The molecule has 0 radical (unpaired) electrons. The second kappa shape index (κ2) is 6.05. The van der Waals surface area contributed by atoms with Gasteiger partial charge in [-0.25, -0.2) is 0 Å². The lowest BCUT2D eigenvalue weighted by Crippen LogP contribution is -2.34. The van der Waals surface area contributed by atoms with Crippen molar-refractivity contribution in [3.05, 3.63) is 64.7 Å². The van der Waals surface area contributed by atoms with Crippen LogP contribution in [-0.4, -0.2) is 11.0 Å². The number of anilines is 1. The Hall–Kier alpha value is -2.48. The van der Waals surface area contributed by atoms with Crippen molar-refractivity contribution in [3.8, 4) is 0 Å². The molecule has 1 amide bonds. The monoisotopic (exact) mass is 371 g/mol. The Bertz CT molecular complexity index is 861. The third-order valence-electron chi connectivity index (χ3n) is 4.24. The van der Waals surface area contributed by atoms with E-state index in [1.54, 1.807) is 0 Å². The van der Waals surface area contributed by atoms with Crippen LogP contribution in [0, 0.1) is 0 Å². The minimum atomic E-state index is -4.58. The number of amides is 1. The molecule has 1 N–H and O–H groups in total. The largest absolute Gasteiger partial charge is 0.416 e. The first-order chi connectivity index (χ1) is 12.0. The molecule has 26 heavy (non-hydrogen) atoms. The van der Waals surface area contributed by atoms with E-state index in [-0.39, 0.29) is 16.8 Å². The lowest BCUT2D eigenvalue weighted by atomic mass is 9.98. The summed E-state index contributed by atoms with van der Waals surface area (Å²) in [5, 5.41) is 9.72. The number of rotatable bonds is 3. The van der Waals surface area contributed by atoms with Gasteiger partial charge in [0.05, 0.1) is 29.5 Å². The Morgan fingerprint density at radius 1 is 1.15 bits per heavy atom. The number of carbonyl (C=O) groups is 1. The van der Waals surface area contributed by atoms with Crippen LogP contribution in [0.5, 0.6) is 0 Å². The molecule has 3 rings (SSSR count). The molecular weight excluding hydrogens is 357 g/mol. The molecule has 3 nitrogen and oxygen atoms in total. The van der Waals surface area contributed by atoms with E-state index in [2.05, 4.69) is 0 Å². The summed E-state index contributed by atoms with van der Waals surface area (Å²) in [5.41, 5.74) is -1.67. The summed E-state index contributed by atoms with van der Waals surface area (Å²) >= 11 is 0. The first-order valence-electron chi connectivity index (χ1n) is 7.71. The summed E-state index contributed by atoms with van der Waals surface area (Å²) < 4.78 is 67.5. The van der Waals surface area contributed by atoms with Gasteiger partial charge in [-0.1, -0.05) is 24.3 Å². The van der Waals surface area contributed by atoms with E-state index in [9.17, 15) is 31.9 Å². The van der Waals surface area contributed by atoms with Crippen LogP contribution in [-0.2, 0) is 23.4 Å². The lowest BCUT2D eigenvalue weighted by molar-refractivity contribution is -0.141. The Morgan fingerprint density at radius 2 is 1.81 bits per heavy atom. The minimum Gasteiger partial charge on any atom is -0.389 e. The zero-order valence-electron chi connectivity index (χ0n) is 13.5. The van der Waals surface area contributed by atoms with Gasteiger partial charge in [0.1, 0.15) is 0 Å². The van der Waals surface area contributed by atoms with Crippen LogP contribution >= 0.6 is 0 Å². The summed E-state index contributed by atoms with van der Waals surface area (Å²) in [4.78, 5) is 13.0. The van der Waals surface area contributed by atoms with Crippen LogP contribution in [0.25, 0.3) is 0 Å². The molecule has 0 fully saturated rings. The quantitative estimate of drug-likeness (QED) is 0.813. The molecule has 8 heteroatoms. The minimum absolute atomic E-state index is 0.0688. The molecular formula is C18H14F5NO2. The number of fused-ring (bicyclic) bond motifs is 1. The first kappa shape index (κ1) is 18.3. The highest BCUT2D eigenvalue weighted by Crippen LogP contribution is 2.48. The molecule has 138 valence electrons. The highest BCUT2D eigenvalue weighted by Gasteiger charge is 2.54. The molecule has 2 aromatic rings. The Labute approximate surface area is 145 Å². The van der Waals surface area contributed by atoms with Crippen molar-refractivity contribution >= 4 is 11.6 Å². The zero-order chi connectivity index (χ0) is 19.3. The average molecular weight is 371 g/mol. The number of nitrogens with zero attached hydrogens (tertiary/aromatic N) is 1. The van der Waals surface area contributed by atoms with E-state index in [1.165, 1.54) is 31.2 Å². The maximum absolute atomic E-state index is 14.5. The van der Waals surface area contributed by atoms with Gasteiger partial charge in [0.15, 0.2) is 0 Å². The molecule has 1 heterocycles. The summed E-state index contributed by atoms with van der Waals surface area (Å²) in [6, 6.07) is 8.16. The second-order valence-electron chi connectivity index (χ2n) is 6.08. The molecule has 0 saturated carbocycles. The van der Waals surface area contributed by atoms with Crippen molar-refractivity contribution in [1.82, 2.24) is 0 Å². The molecule has 1 aliphatic heterocycles. The number of halogens is 5. The molecule has 1 atom stereocenters. The van der Waals surface area contributed by atoms with Crippen molar-refractivity contribution in [2.75, 3.05) is 4.90 Å². The highest BCUT2D eigenvalue weighted by atomic mass is 19.4. The zero-order valence-corrected chi connectivity index (χ0v) is 13.5. The standard InChI is InChI=1S/C18H14F5NO2/c1-10(25)13-6-3-7-14-15(13)17(19,20)16(26)24(14)9-11-4-2-5-12(8-11)18(21,22)23/h2-8,10,25H,9H2,1H3/t10-/m0/s1. The SMILES string of the molecule is C[C@H](O)c1cccc2c1C(F)(F)C(=O)N2Cc1cccc(C(F)(F)F)c1. The number of hydrogen-bond donors (Lipinski definition) is 1. The maximum Gasteiger partial charge on any atom is 0.416 e. The fourth-order valence-corrected chi connectivity index (χ4v) is 3.04. The number of benzene rings is 2. The average Bonchev–Trinajstić information content (AvgIpc) is 2.75. The van der Waals surface area contributed by atoms with Crippen molar-refractivity contribution in [1.29, 1.82) is 0 Å². The molecule has 0 saturated heterocycles. The highest BCUT2D eigenvalue weighted by molar-refractivity contribution is 6.06. The molecule has 0 spiro atoms. The topological polar surface area (TPSA) is 40.5 Å². The van der Waals surface area contributed by atoms with E-state index in [4.69, 9.17) is 0 Å². The first-order valence-corrected chi connectivity index (χ1v) is 7.71. The van der Waals surface area contributed by atoms with E-state index in [1.807, 2.05) is 0 Å². The van der Waals surface area contributed by atoms with Gasteiger partial charge in [0, 0.05) is 0 Å². The van der Waals surface area contributed by atoms with E-state index in [0.29, 0.717) is 0 Å². The molecule has 0 unspecified atom stereocenters. The molecule has 1 aliphatic rings. The van der Waals surface area contributed by atoms with Crippen molar-refractivity contribution in [3.63, 3.8) is 0 Å². The van der Waals surface area contributed by atoms with Crippen LogP contribution < -0.4 is 4.90 Å². The Morgan fingerprint density at radius 3 is 2.42 bits per heavy atom. The van der Waals surface area contributed by atoms with Gasteiger partial charge in [0.2, 0.25) is 0 Å². The molecule has 2 aromatic carbocycles. The van der Waals surface area contributed by atoms with Crippen LogP contribution in [0.4, 0.5) is 27.6 Å². The van der Waals surface area contributed by atoms with Gasteiger partial charge in [-0.15, -0.1) is 0 Å². The van der Waals surface area contributed by atoms with E-state index in [0.717, 1.165) is 23.1 Å². The van der Waals surface area contributed by atoms with Crippen molar-refractivity contribution < 1.29 is 31.9 Å². The van der Waals surface area contributed by atoms with Gasteiger partial charge in [-0.05, 0) is 36.2 Å². The van der Waals surface area contributed by atoms with E-state index >= 15 is 0 Å². The third-order valence-corrected chi connectivity index (χ3v) is 4.24. The second-order valence-corrected chi connectivity index (χ2v) is 6.08. The van der Waals surface area contributed by atoms with Crippen molar-refractivity contribution in [2.24, 2.45) is 0 Å². The van der Waals surface area contributed by atoms with Crippen molar-refractivity contribution in [2.45, 2.75) is 31.7 Å². The van der Waals surface area contributed by atoms with Gasteiger partial charge in [-0.2, -0.15) is 22.0 Å². The molecule has 0 aliphatic carbocycles. The predicted octanol–water partition coefficient (Wildman–Crippen LogP) is 4.40. The predicted molar refractivity (Wildman–Crippen MR) is 83.6 cm³/mol. The number of carbonyl (C=O) groups excluding carboxylic acids is 1. The number of aliphatic hydroxyl groups is 1. The smallest absolute Gasteiger partial charge is 0.389 e. The van der Waals surface area contributed by atoms with Gasteiger partial charge < -0.3 is 10.0 Å². The van der Waals surface area contributed by atoms with Gasteiger partial charge in [0.25, 0.3) is 0 Å². The van der Waals surface area contributed by atoms with Crippen LogP contribution in [0.2, 0.25) is 0 Å². The van der Waals surface area contributed by atoms with E-state index < -0.39 is 41.8 Å². The lowest BCUT2D eigenvalue weighted by Gasteiger charge is -2.18. The summed E-state index contributed by atoms with van der Waals surface area (Å²) in [5.74, 6) is -5.39.